The highest BCUT2D eigenvalue weighted by Crippen LogP contribution is 2.18. The third-order valence-electron chi connectivity index (χ3n) is 3.48. The summed E-state index contributed by atoms with van der Waals surface area (Å²) in [7, 11) is 1.36. The molecule has 5 heteroatoms. The second kappa shape index (κ2) is 5.89. The van der Waals surface area contributed by atoms with Gasteiger partial charge in [-0.05, 0) is 30.7 Å². The van der Waals surface area contributed by atoms with Crippen molar-refractivity contribution in [2.45, 2.75) is 13.5 Å². The predicted molar refractivity (Wildman–Crippen MR) is 82.0 cm³/mol. The standard InChI is InChI=1S/C17H16N2O3/c1-12-5-3-4-6-15(12)22-11-14-10-18-16-9-13(17(20)21-2)7-8-19(14)16/h3-10H,11H2,1-2H3. The average molecular weight is 296 g/mol. The van der Waals surface area contributed by atoms with Crippen molar-refractivity contribution in [1.29, 1.82) is 0 Å². The Balaban J connectivity index is 1.83. The van der Waals surface area contributed by atoms with Crippen LogP contribution in [-0.4, -0.2) is 22.5 Å². The lowest BCUT2D eigenvalue weighted by molar-refractivity contribution is 0.0600. The topological polar surface area (TPSA) is 52.8 Å². The lowest BCUT2D eigenvalue weighted by Gasteiger charge is -2.08. The number of carbonyl (C=O) groups excluding carboxylic acids is 1. The summed E-state index contributed by atoms with van der Waals surface area (Å²) in [4.78, 5) is 15.8. The summed E-state index contributed by atoms with van der Waals surface area (Å²) in [6.45, 7) is 2.41. The van der Waals surface area contributed by atoms with Crippen LogP contribution in [0, 0.1) is 6.92 Å². The van der Waals surface area contributed by atoms with Crippen molar-refractivity contribution in [2.24, 2.45) is 0 Å². The van der Waals surface area contributed by atoms with Crippen molar-refractivity contribution in [2.75, 3.05) is 7.11 Å². The molecule has 22 heavy (non-hydrogen) atoms. The van der Waals surface area contributed by atoms with Gasteiger partial charge in [-0.15, -0.1) is 0 Å². The Hall–Kier alpha value is -2.82. The molecule has 112 valence electrons. The zero-order valence-electron chi connectivity index (χ0n) is 12.4. The number of hydrogen-bond donors (Lipinski definition) is 0. The molecule has 3 rings (SSSR count). The summed E-state index contributed by atoms with van der Waals surface area (Å²) < 4.78 is 12.4. The second-order valence-corrected chi connectivity index (χ2v) is 4.94. The number of hydrogen-bond acceptors (Lipinski definition) is 4. The highest BCUT2D eigenvalue weighted by atomic mass is 16.5. The van der Waals surface area contributed by atoms with Crippen molar-refractivity contribution < 1.29 is 14.3 Å². The predicted octanol–water partition coefficient (Wildman–Crippen LogP) is 3.01. The van der Waals surface area contributed by atoms with Gasteiger partial charge in [-0.3, -0.25) is 0 Å². The Morgan fingerprint density at radius 2 is 2.09 bits per heavy atom. The molecule has 0 radical (unpaired) electrons. The van der Waals surface area contributed by atoms with Gasteiger partial charge in [0.25, 0.3) is 0 Å². The first-order valence-electron chi connectivity index (χ1n) is 6.92. The molecular weight excluding hydrogens is 280 g/mol. The van der Waals surface area contributed by atoms with Gasteiger partial charge in [0, 0.05) is 6.20 Å². The summed E-state index contributed by atoms with van der Waals surface area (Å²) in [5, 5.41) is 0. The van der Waals surface area contributed by atoms with Crippen LogP contribution in [0.4, 0.5) is 0 Å². The summed E-state index contributed by atoms with van der Waals surface area (Å²) in [5.41, 5.74) is 3.16. The van der Waals surface area contributed by atoms with E-state index in [-0.39, 0.29) is 5.97 Å². The van der Waals surface area contributed by atoms with Crippen molar-refractivity contribution in [3.05, 3.63) is 65.6 Å². The number of fused-ring (bicyclic) bond motifs is 1. The number of benzene rings is 1. The van der Waals surface area contributed by atoms with Crippen LogP contribution < -0.4 is 4.74 Å². The number of ether oxygens (including phenoxy) is 2. The highest BCUT2D eigenvalue weighted by molar-refractivity contribution is 5.90. The van der Waals surface area contributed by atoms with Crippen LogP contribution in [0.1, 0.15) is 21.6 Å². The molecular formula is C17H16N2O3. The first-order chi connectivity index (χ1) is 10.7. The van der Waals surface area contributed by atoms with Gasteiger partial charge in [0.1, 0.15) is 18.0 Å². The van der Waals surface area contributed by atoms with Gasteiger partial charge in [-0.1, -0.05) is 18.2 Å². The van der Waals surface area contributed by atoms with E-state index in [4.69, 9.17) is 9.47 Å². The van der Waals surface area contributed by atoms with Gasteiger partial charge in [-0.25, -0.2) is 9.78 Å². The highest BCUT2D eigenvalue weighted by Gasteiger charge is 2.10. The van der Waals surface area contributed by atoms with Crippen LogP contribution in [0.15, 0.2) is 48.8 Å². The largest absolute Gasteiger partial charge is 0.487 e. The van der Waals surface area contributed by atoms with Gasteiger partial charge < -0.3 is 13.9 Å². The third-order valence-corrected chi connectivity index (χ3v) is 3.48. The van der Waals surface area contributed by atoms with Gasteiger partial charge in [0.15, 0.2) is 0 Å². The van der Waals surface area contributed by atoms with E-state index in [1.807, 2.05) is 35.6 Å². The van der Waals surface area contributed by atoms with Crippen LogP contribution >= 0.6 is 0 Å². The Labute approximate surface area is 128 Å². The molecule has 0 aliphatic rings. The molecule has 0 N–H and O–H groups in total. The SMILES string of the molecule is COC(=O)c1ccn2c(COc3ccccc3C)cnc2c1. The van der Waals surface area contributed by atoms with Crippen molar-refractivity contribution >= 4 is 11.6 Å². The van der Waals surface area contributed by atoms with Crippen LogP contribution in [0.3, 0.4) is 0 Å². The van der Waals surface area contributed by atoms with Gasteiger partial charge in [0.05, 0.1) is 24.6 Å². The van der Waals surface area contributed by atoms with Gasteiger partial charge in [-0.2, -0.15) is 0 Å². The first-order valence-corrected chi connectivity index (χ1v) is 6.92. The Morgan fingerprint density at radius 3 is 2.86 bits per heavy atom. The molecule has 0 atom stereocenters. The Morgan fingerprint density at radius 1 is 1.27 bits per heavy atom. The minimum Gasteiger partial charge on any atom is -0.487 e. The smallest absolute Gasteiger partial charge is 0.338 e. The summed E-state index contributed by atoms with van der Waals surface area (Å²) in [5.74, 6) is 0.479. The maximum atomic E-state index is 11.5. The van der Waals surface area contributed by atoms with Crippen molar-refractivity contribution in [3.8, 4) is 5.75 Å². The van der Waals surface area contributed by atoms with Crippen LogP contribution in [0.25, 0.3) is 5.65 Å². The number of methoxy groups -OCH3 is 1. The average Bonchev–Trinajstić information content (AvgIpc) is 2.95. The molecule has 0 spiro atoms. The zero-order chi connectivity index (χ0) is 15.5. The van der Waals surface area contributed by atoms with E-state index in [2.05, 4.69) is 4.98 Å². The molecule has 1 aromatic carbocycles. The minimum atomic E-state index is -0.372. The number of esters is 1. The second-order valence-electron chi connectivity index (χ2n) is 4.94. The minimum absolute atomic E-state index is 0.372. The summed E-state index contributed by atoms with van der Waals surface area (Å²) >= 11 is 0. The van der Waals surface area contributed by atoms with Gasteiger partial charge >= 0.3 is 5.97 Å². The van der Waals surface area contributed by atoms with Gasteiger partial charge in [0.2, 0.25) is 0 Å². The quantitative estimate of drug-likeness (QED) is 0.694. The van der Waals surface area contributed by atoms with Crippen LogP contribution in [0.5, 0.6) is 5.75 Å². The number of rotatable bonds is 4. The Bertz CT molecular complexity index is 824. The van der Waals surface area contributed by atoms with Crippen LogP contribution in [-0.2, 0) is 11.3 Å². The lowest BCUT2D eigenvalue weighted by Crippen LogP contribution is -2.04. The van der Waals surface area contributed by atoms with Crippen LogP contribution in [0.2, 0.25) is 0 Å². The number of imidazole rings is 1. The fourth-order valence-corrected chi connectivity index (χ4v) is 2.25. The van der Waals surface area contributed by atoms with Crippen molar-refractivity contribution in [3.63, 3.8) is 0 Å². The van der Waals surface area contributed by atoms with E-state index in [0.717, 1.165) is 17.0 Å². The molecule has 0 fully saturated rings. The normalized spacial score (nSPS) is 10.6. The maximum Gasteiger partial charge on any atom is 0.338 e. The van der Waals surface area contributed by atoms with Crippen molar-refractivity contribution in [1.82, 2.24) is 9.38 Å². The summed E-state index contributed by atoms with van der Waals surface area (Å²) in [6, 6.07) is 11.3. The van der Waals surface area contributed by atoms with E-state index in [9.17, 15) is 4.79 Å². The molecule has 0 bridgehead atoms. The molecule has 0 amide bonds. The number of carbonyl (C=O) groups is 1. The lowest BCUT2D eigenvalue weighted by atomic mass is 10.2. The van der Waals surface area contributed by atoms with E-state index in [1.165, 1.54) is 7.11 Å². The molecule has 5 nitrogen and oxygen atoms in total. The fourth-order valence-electron chi connectivity index (χ4n) is 2.25. The fraction of sp³-hybridized carbons (Fsp3) is 0.176. The molecule has 0 aliphatic heterocycles. The first kappa shape index (κ1) is 14.1. The van der Waals surface area contributed by atoms with E-state index in [0.29, 0.717) is 17.8 Å². The maximum absolute atomic E-state index is 11.5. The number of nitrogens with zero attached hydrogens (tertiary/aromatic N) is 2. The molecule has 2 aromatic heterocycles. The van der Waals surface area contributed by atoms with E-state index >= 15 is 0 Å². The molecule has 0 saturated carbocycles. The van der Waals surface area contributed by atoms with E-state index < -0.39 is 0 Å². The molecule has 0 unspecified atom stereocenters. The molecule has 3 aromatic rings. The summed E-state index contributed by atoms with van der Waals surface area (Å²) in [6.07, 6.45) is 3.54. The molecule has 0 saturated heterocycles. The molecule has 0 aliphatic carbocycles. The third kappa shape index (κ3) is 2.65. The number of aromatic nitrogens is 2. The number of pyridine rings is 1. The monoisotopic (exact) mass is 296 g/mol. The Kier molecular flexibility index (Phi) is 3.78. The zero-order valence-corrected chi connectivity index (χ0v) is 12.4. The number of aryl methyl sites for hydroxylation is 1. The number of para-hydroxylation sites is 1. The van der Waals surface area contributed by atoms with E-state index in [1.54, 1.807) is 24.5 Å². The molecule has 2 heterocycles.